The first kappa shape index (κ1) is 31.0. The Labute approximate surface area is 254 Å². The van der Waals surface area contributed by atoms with E-state index in [1.165, 1.54) is 0 Å². The summed E-state index contributed by atoms with van der Waals surface area (Å²) in [5, 5.41) is 22.1. The van der Waals surface area contributed by atoms with Gasteiger partial charge in [-0.1, -0.05) is 72.9 Å². The summed E-state index contributed by atoms with van der Waals surface area (Å²) in [4.78, 5) is 40.7. The Morgan fingerprint density at radius 2 is 1.60 bits per heavy atom. The third-order valence-electron chi connectivity index (χ3n) is 7.18. The zero-order chi connectivity index (χ0) is 30.2. The van der Waals surface area contributed by atoms with Crippen LogP contribution in [0.4, 0.5) is 0 Å². The van der Waals surface area contributed by atoms with Crippen molar-refractivity contribution in [2.45, 2.75) is 56.9 Å². The van der Waals surface area contributed by atoms with Crippen molar-refractivity contribution in [1.29, 1.82) is 5.26 Å². The van der Waals surface area contributed by atoms with Crippen LogP contribution >= 0.6 is 23.2 Å². The summed E-state index contributed by atoms with van der Waals surface area (Å²) in [6, 6.07) is 21.7. The Kier molecular flexibility index (Phi) is 10.6. The maximum atomic E-state index is 14.4. The van der Waals surface area contributed by atoms with Gasteiger partial charge in [0, 0.05) is 23.0 Å². The molecule has 3 aromatic carbocycles. The number of halogens is 2. The number of nitriles is 1. The van der Waals surface area contributed by atoms with Crippen LogP contribution in [-0.2, 0) is 25.5 Å². The molecule has 0 aromatic heterocycles. The summed E-state index contributed by atoms with van der Waals surface area (Å²) in [6.45, 7) is 1.86. The van der Waals surface area contributed by atoms with Crippen LogP contribution in [0.3, 0.4) is 0 Å². The molecule has 1 fully saturated rings. The predicted molar refractivity (Wildman–Crippen MR) is 159 cm³/mol. The van der Waals surface area contributed by atoms with Crippen molar-refractivity contribution in [2.75, 3.05) is 6.54 Å². The van der Waals surface area contributed by atoms with E-state index in [0.29, 0.717) is 28.5 Å². The standard InChI is InChI=1S/C32H31Cl2N3O5/c1-2-3-26(31(40)36-17-16-28(38)39)37-29(22-8-12-24(33)13-9-22)30(23-10-14-25(34)15-11-23)42-27(32(37)41)18-20-4-6-21(19-35)7-5-20/h4-15,26-27,29-30H,2-3,16-18H2,1H3,(H,36,40)(H,38,39). The lowest BCUT2D eigenvalue weighted by atomic mass is 9.88. The van der Waals surface area contributed by atoms with Crippen LogP contribution in [0.1, 0.15) is 60.6 Å². The first-order valence-electron chi connectivity index (χ1n) is 13.7. The molecule has 0 spiro atoms. The van der Waals surface area contributed by atoms with Gasteiger partial charge < -0.3 is 20.1 Å². The molecule has 10 heteroatoms. The second-order valence-electron chi connectivity index (χ2n) is 10.1. The molecule has 4 unspecified atom stereocenters. The second-order valence-corrected chi connectivity index (χ2v) is 11.0. The van der Waals surface area contributed by atoms with Crippen LogP contribution in [0.25, 0.3) is 0 Å². The largest absolute Gasteiger partial charge is 0.481 e. The molecule has 8 nitrogen and oxygen atoms in total. The van der Waals surface area contributed by atoms with E-state index in [9.17, 15) is 19.6 Å². The van der Waals surface area contributed by atoms with Gasteiger partial charge in [0.1, 0.15) is 18.2 Å². The molecule has 2 N–H and O–H groups in total. The molecule has 1 heterocycles. The number of aliphatic carboxylic acids is 1. The molecular weight excluding hydrogens is 577 g/mol. The minimum atomic E-state index is -1.03. The molecule has 1 aliphatic heterocycles. The molecule has 42 heavy (non-hydrogen) atoms. The van der Waals surface area contributed by atoms with Crippen LogP contribution in [0, 0.1) is 11.3 Å². The van der Waals surface area contributed by atoms with Gasteiger partial charge in [0.2, 0.25) is 5.91 Å². The number of carboxylic acid groups (broad SMARTS) is 1. The third kappa shape index (κ3) is 7.48. The first-order chi connectivity index (χ1) is 20.2. The highest BCUT2D eigenvalue weighted by molar-refractivity contribution is 6.30. The SMILES string of the molecule is CCCC(C(=O)NCCC(=O)O)N1C(=O)C(Cc2ccc(C#N)cc2)OC(c2ccc(Cl)cc2)C1c1ccc(Cl)cc1. The van der Waals surface area contributed by atoms with E-state index >= 15 is 0 Å². The second kappa shape index (κ2) is 14.3. The lowest BCUT2D eigenvalue weighted by Crippen LogP contribution is -2.59. The summed E-state index contributed by atoms with van der Waals surface area (Å²) in [6.07, 6.45) is -0.675. The zero-order valence-corrected chi connectivity index (χ0v) is 24.5. The van der Waals surface area contributed by atoms with Gasteiger partial charge in [-0.25, -0.2) is 0 Å². The van der Waals surface area contributed by atoms with Crippen LogP contribution in [0.15, 0.2) is 72.8 Å². The summed E-state index contributed by atoms with van der Waals surface area (Å²) < 4.78 is 6.59. The van der Waals surface area contributed by atoms with E-state index in [1.54, 1.807) is 53.4 Å². The number of amides is 2. The number of hydrogen-bond acceptors (Lipinski definition) is 5. The average molecular weight is 609 g/mol. The topological polar surface area (TPSA) is 120 Å². The molecule has 2 amide bonds. The van der Waals surface area contributed by atoms with Gasteiger partial charge >= 0.3 is 5.97 Å². The molecule has 0 aliphatic carbocycles. The fourth-order valence-corrected chi connectivity index (χ4v) is 5.41. The smallest absolute Gasteiger partial charge is 0.305 e. The number of morpholine rings is 1. The normalized spacial score (nSPS) is 19.1. The van der Waals surface area contributed by atoms with Gasteiger partial charge in [-0.3, -0.25) is 14.4 Å². The van der Waals surface area contributed by atoms with Crippen molar-refractivity contribution in [3.05, 3.63) is 105 Å². The van der Waals surface area contributed by atoms with E-state index in [2.05, 4.69) is 11.4 Å². The zero-order valence-electron chi connectivity index (χ0n) is 23.0. The summed E-state index contributed by atoms with van der Waals surface area (Å²) >= 11 is 12.4. The van der Waals surface area contributed by atoms with Crippen molar-refractivity contribution >= 4 is 41.0 Å². The Morgan fingerprint density at radius 1 is 1.00 bits per heavy atom. The molecule has 0 bridgehead atoms. The van der Waals surface area contributed by atoms with Crippen LogP contribution < -0.4 is 5.32 Å². The van der Waals surface area contributed by atoms with Gasteiger partial charge in [-0.05, 0) is 59.5 Å². The highest BCUT2D eigenvalue weighted by Crippen LogP contribution is 2.44. The molecule has 4 rings (SSSR count). The molecule has 1 aliphatic rings. The Bertz CT molecular complexity index is 1440. The van der Waals surface area contributed by atoms with Crippen molar-refractivity contribution < 1.29 is 24.2 Å². The number of ether oxygens (including phenoxy) is 1. The van der Waals surface area contributed by atoms with Gasteiger partial charge in [0.15, 0.2) is 0 Å². The fraction of sp³-hybridized carbons (Fsp3) is 0.312. The molecule has 4 atom stereocenters. The molecule has 1 saturated heterocycles. The summed E-state index contributed by atoms with van der Waals surface area (Å²) in [7, 11) is 0. The van der Waals surface area contributed by atoms with Gasteiger partial charge in [0.25, 0.3) is 5.91 Å². The first-order valence-corrected chi connectivity index (χ1v) is 14.4. The van der Waals surface area contributed by atoms with Crippen molar-refractivity contribution in [1.82, 2.24) is 10.2 Å². The summed E-state index contributed by atoms with van der Waals surface area (Å²) in [5.41, 5.74) is 2.79. The van der Waals surface area contributed by atoms with Crippen LogP contribution in [0.2, 0.25) is 10.0 Å². The minimum absolute atomic E-state index is 0.0617. The highest BCUT2D eigenvalue weighted by atomic mass is 35.5. The average Bonchev–Trinajstić information content (AvgIpc) is 2.98. The van der Waals surface area contributed by atoms with E-state index in [-0.39, 0.29) is 25.3 Å². The van der Waals surface area contributed by atoms with Crippen molar-refractivity contribution in [3.63, 3.8) is 0 Å². The number of rotatable bonds is 11. The van der Waals surface area contributed by atoms with E-state index in [4.69, 9.17) is 33.0 Å². The number of carboxylic acids is 1. The van der Waals surface area contributed by atoms with Crippen molar-refractivity contribution in [2.24, 2.45) is 0 Å². The maximum absolute atomic E-state index is 14.4. The number of carbonyl (C=O) groups excluding carboxylic acids is 2. The predicted octanol–water partition coefficient (Wildman–Crippen LogP) is 5.88. The van der Waals surface area contributed by atoms with E-state index < -0.39 is 36.2 Å². The van der Waals surface area contributed by atoms with Crippen LogP contribution in [-0.4, -0.2) is 46.5 Å². The molecular formula is C32H31Cl2N3O5. The quantitative estimate of drug-likeness (QED) is 0.281. The highest BCUT2D eigenvalue weighted by Gasteiger charge is 2.48. The number of benzene rings is 3. The van der Waals surface area contributed by atoms with E-state index in [1.807, 2.05) is 31.2 Å². The number of nitrogens with zero attached hydrogens (tertiary/aromatic N) is 2. The minimum Gasteiger partial charge on any atom is -0.481 e. The molecule has 0 radical (unpaired) electrons. The Balaban J connectivity index is 1.82. The monoisotopic (exact) mass is 607 g/mol. The Hall–Kier alpha value is -3.90. The Morgan fingerprint density at radius 3 is 2.14 bits per heavy atom. The lowest BCUT2D eigenvalue weighted by Gasteiger charge is -2.47. The number of hydrogen-bond donors (Lipinski definition) is 2. The molecule has 218 valence electrons. The van der Waals surface area contributed by atoms with Crippen LogP contribution in [0.5, 0.6) is 0 Å². The maximum Gasteiger partial charge on any atom is 0.305 e. The fourth-order valence-electron chi connectivity index (χ4n) is 5.16. The molecule has 0 saturated carbocycles. The number of carbonyl (C=O) groups is 3. The van der Waals surface area contributed by atoms with Gasteiger partial charge in [-0.15, -0.1) is 0 Å². The summed E-state index contributed by atoms with van der Waals surface area (Å²) in [5.74, 6) is -1.83. The van der Waals surface area contributed by atoms with Gasteiger partial charge in [-0.2, -0.15) is 5.26 Å². The van der Waals surface area contributed by atoms with Crippen molar-refractivity contribution in [3.8, 4) is 6.07 Å². The number of nitrogens with one attached hydrogen (secondary N) is 1. The third-order valence-corrected chi connectivity index (χ3v) is 7.68. The van der Waals surface area contributed by atoms with Gasteiger partial charge in [0.05, 0.1) is 24.1 Å². The van der Waals surface area contributed by atoms with E-state index in [0.717, 1.165) is 16.7 Å². The lowest BCUT2D eigenvalue weighted by molar-refractivity contribution is -0.181. The molecule has 3 aromatic rings.